The van der Waals surface area contributed by atoms with Crippen molar-refractivity contribution in [2.75, 3.05) is 18.0 Å². The number of piperazine rings is 1. The number of halogens is 1. The Morgan fingerprint density at radius 1 is 1.37 bits per heavy atom. The zero-order chi connectivity index (χ0) is 13.4. The summed E-state index contributed by atoms with van der Waals surface area (Å²) in [6.45, 7) is 6.75. The average Bonchev–Trinajstić information content (AvgIpc) is 3.26. The summed E-state index contributed by atoms with van der Waals surface area (Å²) >= 11 is 3.78. The molecule has 1 aromatic carbocycles. The van der Waals surface area contributed by atoms with Gasteiger partial charge in [-0.15, -0.1) is 0 Å². The molecule has 2 unspecified atom stereocenters. The molecule has 1 heterocycles. The van der Waals surface area contributed by atoms with E-state index in [0.717, 1.165) is 19.0 Å². The number of anilines is 1. The third-order valence-corrected chi connectivity index (χ3v) is 5.62. The molecule has 1 aromatic rings. The Bertz CT molecular complexity index is 456. The van der Waals surface area contributed by atoms with Crippen LogP contribution in [0.5, 0.6) is 0 Å². The third-order valence-electron chi connectivity index (χ3n) is 4.59. The highest BCUT2D eigenvalue weighted by Crippen LogP contribution is 2.37. The maximum absolute atomic E-state index is 3.78. The van der Waals surface area contributed by atoms with Crippen LogP contribution in [-0.4, -0.2) is 25.2 Å². The number of hydrogen-bond acceptors (Lipinski definition) is 2. The van der Waals surface area contributed by atoms with Crippen molar-refractivity contribution in [2.45, 2.75) is 45.2 Å². The summed E-state index contributed by atoms with van der Waals surface area (Å²) in [5, 5.41) is 3.76. The summed E-state index contributed by atoms with van der Waals surface area (Å²) in [7, 11) is 0. The Morgan fingerprint density at radius 2 is 2.16 bits per heavy atom. The van der Waals surface area contributed by atoms with Crippen molar-refractivity contribution in [2.24, 2.45) is 5.92 Å². The fraction of sp³-hybridized carbons (Fsp3) is 0.625. The van der Waals surface area contributed by atoms with E-state index in [-0.39, 0.29) is 0 Å². The number of benzene rings is 1. The van der Waals surface area contributed by atoms with Crippen LogP contribution in [0, 0.1) is 12.8 Å². The van der Waals surface area contributed by atoms with E-state index >= 15 is 0 Å². The molecule has 2 atom stereocenters. The molecule has 19 heavy (non-hydrogen) atoms. The molecule has 104 valence electrons. The minimum Gasteiger partial charge on any atom is -0.365 e. The van der Waals surface area contributed by atoms with Gasteiger partial charge in [-0.05, 0) is 59.7 Å². The third kappa shape index (κ3) is 2.68. The number of nitrogens with one attached hydrogen (secondary N) is 1. The second-order valence-corrected chi connectivity index (χ2v) is 6.77. The molecule has 1 N–H and O–H groups in total. The lowest BCUT2D eigenvalue weighted by atomic mass is 10.0. The Morgan fingerprint density at radius 3 is 2.84 bits per heavy atom. The first-order valence-corrected chi connectivity index (χ1v) is 8.25. The highest BCUT2D eigenvalue weighted by Gasteiger charge is 2.37. The Kier molecular flexibility index (Phi) is 3.86. The molecule has 2 aliphatic rings. The van der Waals surface area contributed by atoms with Gasteiger partial charge < -0.3 is 10.2 Å². The molecule has 3 rings (SSSR count). The zero-order valence-corrected chi connectivity index (χ0v) is 13.4. The molecule has 1 saturated heterocycles. The van der Waals surface area contributed by atoms with Gasteiger partial charge in [0.05, 0.1) is 5.69 Å². The molecule has 2 nitrogen and oxygen atoms in total. The number of rotatable bonds is 3. The van der Waals surface area contributed by atoms with Crippen LogP contribution in [0.15, 0.2) is 22.7 Å². The van der Waals surface area contributed by atoms with Crippen molar-refractivity contribution in [1.82, 2.24) is 5.32 Å². The minimum absolute atomic E-state index is 0.619. The number of hydrogen-bond donors (Lipinski definition) is 1. The molecule has 2 fully saturated rings. The summed E-state index contributed by atoms with van der Waals surface area (Å²) < 4.78 is 1.27. The van der Waals surface area contributed by atoms with Crippen molar-refractivity contribution >= 4 is 21.6 Å². The van der Waals surface area contributed by atoms with Crippen LogP contribution < -0.4 is 10.2 Å². The topological polar surface area (TPSA) is 15.3 Å². The predicted octanol–water partition coefficient (Wildman–Crippen LogP) is 3.72. The Balaban J connectivity index is 1.87. The summed E-state index contributed by atoms with van der Waals surface area (Å²) in [5.41, 5.74) is 2.70. The maximum atomic E-state index is 3.78. The monoisotopic (exact) mass is 322 g/mol. The normalized spacial score (nSPS) is 27.6. The second-order valence-electron chi connectivity index (χ2n) is 5.97. The lowest BCUT2D eigenvalue weighted by molar-refractivity contribution is 0.359. The summed E-state index contributed by atoms with van der Waals surface area (Å²) in [6, 6.07) is 7.92. The van der Waals surface area contributed by atoms with Crippen LogP contribution in [0.25, 0.3) is 0 Å². The Hall–Kier alpha value is -0.540. The van der Waals surface area contributed by atoms with E-state index in [0.29, 0.717) is 12.1 Å². The molecule has 1 aliphatic heterocycles. The molecular formula is C16H23BrN2. The van der Waals surface area contributed by atoms with E-state index in [1.165, 1.54) is 35.0 Å². The lowest BCUT2D eigenvalue weighted by Crippen LogP contribution is -2.57. The first-order chi connectivity index (χ1) is 9.20. The van der Waals surface area contributed by atoms with Crippen LogP contribution in [0.1, 0.15) is 31.7 Å². The van der Waals surface area contributed by atoms with E-state index in [9.17, 15) is 0 Å². The standard InChI is InChI=1S/C16H23BrN2/c1-3-13-9-18-14(12-7-8-12)10-19(13)15-6-4-5-11(2)16(15)17/h4-6,12-14,18H,3,7-10H2,1-2H3. The van der Waals surface area contributed by atoms with Gasteiger partial charge in [0, 0.05) is 29.6 Å². The van der Waals surface area contributed by atoms with Crippen molar-refractivity contribution < 1.29 is 0 Å². The molecule has 0 aromatic heterocycles. The van der Waals surface area contributed by atoms with Crippen LogP contribution in [-0.2, 0) is 0 Å². The van der Waals surface area contributed by atoms with E-state index in [1.807, 2.05) is 0 Å². The van der Waals surface area contributed by atoms with Crippen LogP contribution in [0.4, 0.5) is 5.69 Å². The van der Waals surface area contributed by atoms with Crippen molar-refractivity contribution in [1.29, 1.82) is 0 Å². The fourth-order valence-corrected chi connectivity index (χ4v) is 3.64. The molecular weight excluding hydrogens is 300 g/mol. The number of nitrogens with zero attached hydrogens (tertiary/aromatic N) is 1. The van der Waals surface area contributed by atoms with Gasteiger partial charge in [-0.25, -0.2) is 0 Å². The van der Waals surface area contributed by atoms with Crippen LogP contribution >= 0.6 is 15.9 Å². The zero-order valence-electron chi connectivity index (χ0n) is 11.8. The highest BCUT2D eigenvalue weighted by atomic mass is 79.9. The SMILES string of the molecule is CCC1CNC(C2CC2)CN1c1cccc(C)c1Br. The first-order valence-electron chi connectivity index (χ1n) is 7.45. The number of aryl methyl sites for hydroxylation is 1. The quantitative estimate of drug-likeness (QED) is 0.912. The molecule has 1 aliphatic carbocycles. The summed E-state index contributed by atoms with van der Waals surface area (Å²) in [4.78, 5) is 2.62. The van der Waals surface area contributed by atoms with Gasteiger partial charge >= 0.3 is 0 Å². The maximum Gasteiger partial charge on any atom is 0.0516 e. The molecule has 0 radical (unpaired) electrons. The van der Waals surface area contributed by atoms with Gasteiger partial charge in [0.25, 0.3) is 0 Å². The van der Waals surface area contributed by atoms with Gasteiger partial charge in [0.1, 0.15) is 0 Å². The van der Waals surface area contributed by atoms with E-state index in [1.54, 1.807) is 0 Å². The van der Waals surface area contributed by atoms with Crippen molar-refractivity contribution in [3.05, 3.63) is 28.2 Å². The summed E-state index contributed by atoms with van der Waals surface area (Å²) in [6.07, 6.45) is 4.03. The summed E-state index contributed by atoms with van der Waals surface area (Å²) in [5.74, 6) is 0.920. The van der Waals surface area contributed by atoms with Gasteiger partial charge in [0.2, 0.25) is 0 Å². The van der Waals surface area contributed by atoms with Gasteiger partial charge in [-0.1, -0.05) is 19.1 Å². The molecule has 0 spiro atoms. The molecule has 0 amide bonds. The smallest absolute Gasteiger partial charge is 0.0516 e. The largest absolute Gasteiger partial charge is 0.365 e. The van der Waals surface area contributed by atoms with Gasteiger partial charge in [0.15, 0.2) is 0 Å². The predicted molar refractivity (Wildman–Crippen MR) is 84.8 cm³/mol. The fourth-order valence-electron chi connectivity index (χ4n) is 3.15. The van der Waals surface area contributed by atoms with Crippen LogP contribution in [0.2, 0.25) is 0 Å². The van der Waals surface area contributed by atoms with Gasteiger partial charge in [-0.3, -0.25) is 0 Å². The second kappa shape index (κ2) is 5.45. The first kappa shape index (κ1) is 13.4. The minimum atomic E-state index is 0.619. The molecule has 1 saturated carbocycles. The highest BCUT2D eigenvalue weighted by molar-refractivity contribution is 9.10. The molecule has 3 heteroatoms. The van der Waals surface area contributed by atoms with E-state index in [2.05, 4.69) is 58.2 Å². The molecule has 0 bridgehead atoms. The lowest BCUT2D eigenvalue weighted by Gasteiger charge is -2.42. The van der Waals surface area contributed by atoms with Crippen molar-refractivity contribution in [3.63, 3.8) is 0 Å². The van der Waals surface area contributed by atoms with Crippen molar-refractivity contribution in [3.8, 4) is 0 Å². The Labute approximate surface area is 124 Å². The van der Waals surface area contributed by atoms with Gasteiger partial charge in [-0.2, -0.15) is 0 Å². The van der Waals surface area contributed by atoms with E-state index in [4.69, 9.17) is 0 Å². The average molecular weight is 323 g/mol. The van der Waals surface area contributed by atoms with E-state index < -0.39 is 0 Å². The van der Waals surface area contributed by atoms with Crippen LogP contribution in [0.3, 0.4) is 0 Å².